The Hall–Kier alpha value is -2.79. The number of hydrogen-bond acceptors (Lipinski definition) is 7. The number of aryl methyl sites for hydroxylation is 1. The summed E-state index contributed by atoms with van der Waals surface area (Å²) < 4.78 is 72.9. The van der Waals surface area contributed by atoms with Gasteiger partial charge in [0.1, 0.15) is 22.8 Å². The Bertz CT molecular complexity index is 1310. The van der Waals surface area contributed by atoms with Crippen molar-refractivity contribution in [3.8, 4) is 11.5 Å². The van der Waals surface area contributed by atoms with Crippen LogP contribution in [0.25, 0.3) is 0 Å². The van der Waals surface area contributed by atoms with Gasteiger partial charge in [0.15, 0.2) is 11.6 Å². The van der Waals surface area contributed by atoms with Crippen molar-refractivity contribution in [1.29, 1.82) is 0 Å². The molecule has 7 nitrogen and oxygen atoms in total. The summed E-state index contributed by atoms with van der Waals surface area (Å²) in [7, 11) is -2.99. The number of hydrogen-bond donors (Lipinski definition) is 0. The molecule has 1 heterocycles. The van der Waals surface area contributed by atoms with E-state index in [4.69, 9.17) is 9.47 Å². The molecule has 4 rings (SSSR count). The SMILES string of the molecule is COc1ccc(CN(c2ncns2)S(=O)(=O)c2cc(F)c(OCCC3CCC(C)CC3)cc2F)c(C)c1. The molecule has 2 aromatic carbocycles. The normalized spacial score (nSPS) is 18.0. The van der Waals surface area contributed by atoms with Crippen LogP contribution in [0, 0.1) is 30.4 Å². The highest BCUT2D eigenvalue weighted by atomic mass is 32.2. The molecule has 0 unspecified atom stereocenters. The lowest BCUT2D eigenvalue weighted by Gasteiger charge is -2.26. The molecule has 0 aliphatic heterocycles. The lowest BCUT2D eigenvalue weighted by atomic mass is 9.82. The predicted octanol–water partition coefficient (Wildman–Crippen LogP) is 6.12. The molecule has 1 saturated carbocycles. The number of halogens is 2. The molecule has 0 atom stereocenters. The highest BCUT2D eigenvalue weighted by Gasteiger charge is 2.32. The average molecular weight is 552 g/mol. The summed E-state index contributed by atoms with van der Waals surface area (Å²) >= 11 is 0.843. The summed E-state index contributed by atoms with van der Waals surface area (Å²) in [6, 6.07) is 6.67. The molecule has 200 valence electrons. The van der Waals surface area contributed by atoms with Crippen LogP contribution in [0.3, 0.4) is 0 Å². The Labute approximate surface area is 220 Å². The van der Waals surface area contributed by atoms with Crippen molar-refractivity contribution in [2.75, 3.05) is 18.0 Å². The van der Waals surface area contributed by atoms with Gasteiger partial charge in [-0.25, -0.2) is 26.5 Å². The second-order valence-electron chi connectivity index (χ2n) is 9.50. The standard InChI is InChI=1S/C26H31F2N3O4S2/c1-17-4-6-19(7-5-17)10-11-35-24-13-23(28)25(14-22(24)27)37(32,33)31(26-29-16-30-36-26)15-20-8-9-21(34-3)12-18(20)2/h8-9,12-14,16-17,19H,4-7,10-11,15H2,1-3H3. The zero-order valence-corrected chi connectivity index (χ0v) is 22.7. The van der Waals surface area contributed by atoms with E-state index in [1.165, 1.54) is 26.3 Å². The number of ether oxygens (including phenoxy) is 2. The maximum atomic E-state index is 15.2. The Morgan fingerprint density at radius 2 is 1.86 bits per heavy atom. The van der Waals surface area contributed by atoms with Crippen molar-refractivity contribution >= 4 is 26.7 Å². The predicted molar refractivity (Wildman–Crippen MR) is 139 cm³/mol. The van der Waals surface area contributed by atoms with Crippen LogP contribution in [0.2, 0.25) is 0 Å². The minimum atomic E-state index is -4.53. The monoisotopic (exact) mass is 551 g/mol. The largest absolute Gasteiger partial charge is 0.497 e. The van der Waals surface area contributed by atoms with E-state index in [1.54, 1.807) is 18.2 Å². The molecule has 0 radical (unpaired) electrons. The molecular weight excluding hydrogens is 520 g/mol. The zero-order valence-electron chi connectivity index (χ0n) is 21.1. The minimum absolute atomic E-state index is 0.0390. The minimum Gasteiger partial charge on any atom is -0.497 e. The van der Waals surface area contributed by atoms with Crippen LogP contribution in [-0.2, 0) is 16.6 Å². The van der Waals surface area contributed by atoms with Gasteiger partial charge in [0, 0.05) is 23.7 Å². The second-order valence-corrected chi connectivity index (χ2v) is 12.1. The van der Waals surface area contributed by atoms with Gasteiger partial charge in [0.25, 0.3) is 10.0 Å². The fourth-order valence-corrected chi connectivity index (χ4v) is 6.74. The number of anilines is 1. The van der Waals surface area contributed by atoms with Gasteiger partial charge in [-0.3, -0.25) is 0 Å². The van der Waals surface area contributed by atoms with Crippen LogP contribution >= 0.6 is 11.5 Å². The van der Waals surface area contributed by atoms with E-state index in [9.17, 15) is 12.8 Å². The molecule has 0 amide bonds. The summed E-state index contributed by atoms with van der Waals surface area (Å²) in [4.78, 5) is 3.22. The third kappa shape index (κ3) is 6.38. The zero-order chi connectivity index (χ0) is 26.6. The number of sulfonamides is 1. The summed E-state index contributed by atoms with van der Waals surface area (Å²) in [6.07, 6.45) is 6.51. The molecule has 37 heavy (non-hydrogen) atoms. The van der Waals surface area contributed by atoms with Crippen LogP contribution in [0.5, 0.6) is 11.5 Å². The second kappa shape index (κ2) is 11.7. The number of aromatic nitrogens is 2. The third-order valence-electron chi connectivity index (χ3n) is 6.90. The molecule has 1 aliphatic carbocycles. The maximum absolute atomic E-state index is 15.2. The highest BCUT2D eigenvalue weighted by molar-refractivity contribution is 7.93. The first-order chi connectivity index (χ1) is 17.7. The molecule has 11 heteroatoms. The highest BCUT2D eigenvalue weighted by Crippen LogP contribution is 2.33. The average Bonchev–Trinajstić information content (AvgIpc) is 3.40. The van der Waals surface area contributed by atoms with Crippen LogP contribution in [0.15, 0.2) is 41.6 Å². The molecular formula is C26H31F2N3O4S2. The fourth-order valence-electron chi connectivity index (χ4n) is 4.55. The number of methoxy groups -OCH3 is 1. The van der Waals surface area contributed by atoms with Crippen LogP contribution in [0.1, 0.15) is 50.2 Å². The fraction of sp³-hybridized carbons (Fsp3) is 0.462. The van der Waals surface area contributed by atoms with Crippen LogP contribution in [-0.4, -0.2) is 31.5 Å². The summed E-state index contributed by atoms with van der Waals surface area (Å²) in [5, 5.41) is 0.0390. The number of rotatable bonds is 10. The van der Waals surface area contributed by atoms with Gasteiger partial charge in [-0.15, -0.1) is 0 Å². The van der Waals surface area contributed by atoms with Crippen LogP contribution in [0.4, 0.5) is 13.9 Å². The maximum Gasteiger partial charge on any atom is 0.269 e. The molecule has 0 N–H and O–H groups in total. The van der Waals surface area contributed by atoms with Gasteiger partial charge in [-0.2, -0.15) is 4.37 Å². The number of benzene rings is 2. The van der Waals surface area contributed by atoms with Crippen molar-refractivity contribution in [3.05, 3.63) is 59.4 Å². The quantitative estimate of drug-likeness (QED) is 0.302. The van der Waals surface area contributed by atoms with Gasteiger partial charge in [-0.1, -0.05) is 38.7 Å². The first-order valence-electron chi connectivity index (χ1n) is 12.2. The molecule has 1 aliphatic rings. The Kier molecular flexibility index (Phi) is 8.63. The lowest BCUT2D eigenvalue weighted by Crippen LogP contribution is -2.31. The van der Waals surface area contributed by atoms with Crippen molar-refractivity contribution < 1.29 is 26.7 Å². The first kappa shape index (κ1) is 27.3. The molecule has 0 saturated heterocycles. The van der Waals surface area contributed by atoms with E-state index >= 15 is 4.39 Å². The van der Waals surface area contributed by atoms with E-state index in [-0.39, 0.29) is 24.0 Å². The topological polar surface area (TPSA) is 81.6 Å². The van der Waals surface area contributed by atoms with Crippen molar-refractivity contribution in [1.82, 2.24) is 9.36 Å². The molecule has 1 aromatic heterocycles. The molecule has 0 spiro atoms. The first-order valence-corrected chi connectivity index (χ1v) is 14.4. The summed E-state index contributed by atoms with van der Waals surface area (Å²) in [5.41, 5.74) is 1.42. The molecule has 1 fully saturated rings. The van der Waals surface area contributed by atoms with E-state index in [1.807, 2.05) is 6.92 Å². The van der Waals surface area contributed by atoms with E-state index in [0.29, 0.717) is 23.3 Å². The van der Waals surface area contributed by atoms with Gasteiger partial charge >= 0.3 is 0 Å². The van der Waals surface area contributed by atoms with E-state index in [0.717, 1.165) is 52.6 Å². The Balaban J connectivity index is 1.55. The van der Waals surface area contributed by atoms with Crippen molar-refractivity contribution in [3.63, 3.8) is 0 Å². The van der Waals surface area contributed by atoms with E-state index in [2.05, 4.69) is 16.3 Å². The Morgan fingerprint density at radius 1 is 1.11 bits per heavy atom. The lowest BCUT2D eigenvalue weighted by molar-refractivity contribution is 0.218. The van der Waals surface area contributed by atoms with Gasteiger partial charge < -0.3 is 9.47 Å². The number of nitrogens with zero attached hydrogens (tertiary/aromatic N) is 3. The summed E-state index contributed by atoms with van der Waals surface area (Å²) in [5.74, 6) is -0.474. The molecule has 3 aromatic rings. The Morgan fingerprint density at radius 3 is 2.51 bits per heavy atom. The van der Waals surface area contributed by atoms with Gasteiger partial charge in [-0.05, 0) is 48.4 Å². The third-order valence-corrected chi connectivity index (χ3v) is 9.46. The van der Waals surface area contributed by atoms with Crippen molar-refractivity contribution in [2.24, 2.45) is 11.8 Å². The summed E-state index contributed by atoms with van der Waals surface area (Å²) in [6.45, 7) is 4.15. The van der Waals surface area contributed by atoms with Crippen molar-refractivity contribution in [2.45, 2.75) is 57.4 Å². The smallest absolute Gasteiger partial charge is 0.269 e. The van der Waals surface area contributed by atoms with Gasteiger partial charge in [0.05, 0.1) is 20.3 Å². The van der Waals surface area contributed by atoms with Gasteiger partial charge in [0.2, 0.25) is 5.13 Å². The van der Waals surface area contributed by atoms with Crippen LogP contribution < -0.4 is 13.8 Å². The van der Waals surface area contributed by atoms with E-state index < -0.39 is 26.6 Å². The molecule has 0 bridgehead atoms.